The fourth-order valence-electron chi connectivity index (χ4n) is 3.98. The molecule has 0 saturated heterocycles. The van der Waals surface area contributed by atoms with Gasteiger partial charge in [0.15, 0.2) is 0 Å². The highest BCUT2D eigenvalue weighted by molar-refractivity contribution is 5.96. The van der Waals surface area contributed by atoms with Crippen LogP contribution in [-0.2, 0) is 11.2 Å². The van der Waals surface area contributed by atoms with Crippen LogP contribution in [-0.4, -0.2) is 18.5 Å². The van der Waals surface area contributed by atoms with Gasteiger partial charge in [0.25, 0.3) is 0 Å². The minimum atomic E-state index is 0. The fraction of sp³-hybridized carbons (Fsp3) is 0.611. The number of aryl methyl sites for hydroxylation is 2. The Labute approximate surface area is 139 Å². The van der Waals surface area contributed by atoms with Gasteiger partial charge in [-0.25, -0.2) is 0 Å². The molecule has 22 heavy (non-hydrogen) atoms. The molecule has 0 aromatic heterocycles. The van der Waals surface area contributed by atoms with Gasteiger partial charge < -0.3 is 10.6 Å². The molecule has 1 aromatic carbocycles. The highest BCUT2D eigenvalue weighted by atomic mass is 35.5. The second-order valence-corrected chi connectivity index (χ2v) is 6.80. The van der Waals surface area contributed by atoms with E-state index in [0.717, 1.165) is 50.8 Å². The molecule has 2 N–H and O–H groups in total. The third-order valence-electron chi connectivity index (χ3n) is 5.02. The summed E-state index contributed by atoms with van der Waals surface area (Å²) in [6.07, 6.45) is 6.18. The van der Waals surface area contributed by atoms with E-state index >= 15 is 0 Å². The predicted molar refractivity (Wildman–Crippen MR) is 93.8 cm³/mol. The lowest BCUT2D eigenvalue weighted by Gasteiger charge is -2.35. The summed E-state index contributed by atoms with van der Waals surface area (Å²) in [6.45, 7) is 5.14. The summed E-state index contributed by atoms with van der Waals surface area (Å²) < 4.78 is 0. The van der Waals surface area contributed by atoms with E-state index in [1.807, 2.05) is 4.90 Å². The number of nitrogens with zero attached hydrogens (tertiary/aromatic N) is 1. The first-order valence-corrected chi connectivity index (χ1v) is 8.23. The van der Waals surface area contributed by atoms with Crippen molar-refractivity contribution in [3.05, 3.63) is 28.8 Å². The zero-order valence-corrected chi connectivity index (χ0v) is 14.4. The largest absolute Gasteiger partial charge is 0.328 e. The second kappa shape index (κ2) is 7.01. The first-order valence-electron chi connectivity index (χ1n) is 8.23. The van der Waals surface area contributed by atoms with E-state index in [2.05, 4.69) is 26.0 Å². The number of halogens is 1. The summed E-state index contributed by atoms with van der Waals surface area (Å²) in [4.78, 5) is 15.0. The molecular weight excluding hydrogens is 296 g/mol. The van der Waals surface area contributed by atoms with Crippen LogP contribution in [0, 0.1) is 19.8 Å². The molecule has 1 saturated carbocycles. The first-order chi connectivity index (χ1) is 10.1. The highest BCUT2D eigenvalue weighted by Crippen LogP contribution is 2.34. The molecule has 1 amide bonds. The smallest absolute Gasteiger partial charge is 0.230 e. The molecule has 1 aliphatic carbocycles. The number of amides is 1. The summed E-state index contributed by atoms with van der Waals surface area (Å²) in [7, 11) is 0. The van der Waals surface area contributed by atoms with E-state index in [1.54, 1.807) is 0 Å². The molecule has 2 aliphatic rings. The van der Waals surface area contributed by atoms with Crippen molar-refractivity contribution in [1.82, 2.24) is 0 Å². The molecule has 4 heteroatoms. The van der Waals surface area contributed by atoms with Crippen LogP contribution in [0.25, 0.3) is 0 Å². The van der Waals surface area contributed by atoms with Crippen molar-refractivity contribution in [3.63, 3.8) is 0 Å². The Morgan fingerprint density at radius 2 is 2.00 bits per heavy atom. The summed E-state index contributed by atoms with van der Waals surface area (Å²) in [5.41, 5.74) is 11.1. The molecule has 2 atom stereocenters. The lowest BCUT2D eigenvalue weighted by atomic mass is 9.84. The number of carbonyl (C=O) groups excluding carboxylic acids is 1. The van der Waals surface area contributed by atoms with Gasteiger partial charge in [-0.1, -0.05) is 12.5 Å². The van der Waals surface area contributed by atoms with Gasteiger partial charge in [-0.15, -0.1) is 12.4 Å². The van der Waals surface area contributed by atoms with Crippen LogP contribution >= 0.6 is 12.4 Å². The van der Waals surface area contributed by atoms with Gasteiger partial charge in [0.05, 0.1) is 0 Å². The number of hydrogen-bond acceptors (Lipinski definition) is 2. The van der Waals surface area contributed by atoms with E-state index < -0.39 is 0 Å². The van der Waals surface area contributed by atoms with Crippen LogP contribution in [0.3, 0.4) is 0 Å². The maximum atomic E-state index is 13.0. The summed E-state index contributed by atoms with van der Waals surface area (Å²) in [5.74, 6) is 0.427. The number of nitrogens with two attached hydrogens (primary N) is 1. The van der Waals surface area contributed by atoms with E-state index in [0.29, 0.717) is 5.91 Å². The first kappa shape index (κ1) is 17.3. The van der Waals surface area contributed by atoms with E-state index in [-0.39, 0.29) is 24.4 Å². The van der Waals surface area contributed by atoms with Crippen molar-refractivity contribution >= 4 is 24.0 Å². The molecule has 1 aromatic rings. The number of carbonyl (C=O) groups is 1. The van der Waals surface area contributed by atoms with Crippen molar-refractivity contribution in [2.75, 3.05) is 11.4 Å². The Morgan fingerprint density at radius 1 is 1.23 bits per heavy atom. The maximum absolute atomic E-state index is 13.0. The van der Waals surface area contributed by atoms with Gasteiger partial charge in [0, 0.05) is 24.2 Å². The van der Waals surface area contributed by atoms with Crippen molar-refractivity contribution < 1.29 is 4.79 Å². The topological polar surface area (TPSA) is 46.3 Å². The normalized spacial score (nSPS) is 24.4. The maximum Gasteiger partial charge on any atom is 0.230 e. The minimum absolute atomic E-state index is 0. The van der Waals surface area contributed by atoms with Crippen LogP contribution in [0.4, 0.5) is 5.69 Å². The highest BCUT2D eigenvalue weighted by Gasteiger charge is 2.32. The van der Waals surface area contributed by atoms with Gasteiger partial charge in [-0.05, 0) is 68.7 Å². The third kappa shape index (κ3) is 3.31. The number of benzene rings is 1. The average Bonchev–Trinajstić information content (AvgIpc) is 2.46. The van der Waals surface area contributed by atoms with Crippen molar-refractivity contribution in [2.24, 2.45) is 11.7 Å². The average molecular weight is 323 g/mol. The Bertz CT molecular complexity index is 558. The summed E-state index contributed by atoms with van der Waals surface area (Å²) >= 11 is 0. The fourth-order valence-corrected chi connectivity index (χ4v) is 3.98. The molecule has 2 unspecified atom stereocenters. The standard InChI is InChI=1S/C18H26N2O.ClH/c1-12-9-13(2)16-7-4-8-20(17(16)10-12)18(21)14-5-3-6-15(19)11-14;/h9-10,14-15H,3-8,11,19H2,1-2H3;1H. The SMILES string of the molecule is Cc1cc(C)c2c(c1)N(C(=O)C1CCCC(N)C1)CCC2.Cl. The quantitative estimate of drug-likeness (QED) is 0.860. The zero-order chi connectivity index (χ0) is 15.0. The molecule has 0 spiro atoms. The molecule has 3 rings (SSSR count). The van der Waals surface area contributed by atoms with Gasteiger partial charge in [0.1, 0.15) is 0 Å². The molecule has 122 valence electrons. The van der Waals surface area contributed by atoms with Crippen molar-refractivity contribution in [2.45, 2.75) is 58.4 Å². The molecular formula is C18H27ClN2O. The number of fused-ring (bicyclic) bond motifs is 1. The summed E-state index contributed by atoms with van der Waals surface area (Å²) in [6, 6.07) is 4.61. The zero-order valence-electron chi connectivity index (χ0n) is 13.6. The van der Waals surface area contributed by atoms with Gasteiger partial charge in [-0.3, -0.25) is 4.79 Å². The molecule has 0 bridgehead atoms. The van der Waals surface area contributed by atoms with Crippen molar-refractivity contribution in [3.8, 4) is 0 Å². The molecule has 0 radical (unpaired) electrons. The monoisotopic (exact) mass is 322 g/mol. The lowest BCUT2D eigenvalue weighted by molar-refractivity contribution is -0.123. The third-order valence-corrected chi connectivity index (χ3v) is 5.02. The van der Waals surface area contributed by atoms with Crippen LogP contribution in [0.5, 0.6) is 0 Å². The van der Waals surface area contributed by atoms with Crippen LogP contribution in [0.1, 0.15) is 48.8 Å². The van der Waals surface area contributed by atoms with Crippen LogP contribution in [0.15, 0.2) is 12.1 Å². The molecule has 1 heterocycles. The minimum Gasteiger partial charge on any atom is -0.328 e. The lowest BCUT2D eigenvalue weighted by Crippen LogP contribution is -2.43. The van der Waals surface area contributed by atoms with Crippen LogP contribution < -0.4 is 10.6 Å². The van der Waals surface area contributed by atoms with Crippen molar-refractivity contribution in [1.29, 1.82) is 0 Å². The Kier molecular flexibility index (Phi) is 5.51. The Morgan fingerprint density at radius 3 is 2.73 bits per heavy atom. The number of rotatable bonds is 1. The van der Waals surface area contributed by atoms with Gasteiger partial charge >= 0.3 is 0 Å². The van der Waals surface area contributed by atoms with Gasteiger partial charge in [-0.2, -0.15) is 0 Å². The Hall–Kier alpha value is -1.06. The van der Waals surface area contributed by atoms with Crippen LogP contribution in [0.2, 0.25) is 0 Å². The second-order valence-electron chi connectivity index (χ2n) is 6.80. The molecule has 3 nitrogen and oxygen atoms in total. The number of hydrogen-bond donors (Lipinski definition) is 1. The Balaban J connectivity index is 0.00000176. The van der Waals surface area contributed by atoms with E-state index in [1.165, 1.54) is 16.7 Å². The number of anilines is 1. The van der Waals surface area contributed by atoms with Gasteiger partial charge in [0.2, 0.25) is 5.91 Å². The van der Waals surface area contributed by atoms with E-state index in [4.69, 9.17) is 5.73 Å². The predicted octanol–water partition coefficient (Wildman–Crippen LogP) is 3.52. The van der Waals surface area contributed by atoms with E-state index in [9.17, 15) is 4.79 Å². The summed E-state index contributed by atoms with van der Waals surface area (Å²) in [5, 5.41) is 0. The molecule has 1 fully saturated rings. The molecule has 1 aliphatic heterocycles.